The van der Waals surface area contributed by atoms with Crippen LogP contribution < -0.4 is 5.32 Å². The van der Waals surface area contributed by atoms with Crippen LogP contribution in [0.3, 0.4) is 0 Å². The molecule has 35 heavy (non-hydrogen) atoms. The van der Waals surface area contributed by atoms with Gasteiger partial charge in [-0.2, -0.15) is 0 Å². The van der Waals surface area contributed by atoms with Crippen LogP contribution in [0.5, 0.6) is 0 Å². The summed E-state index contributed by atoms with van der Waals surface area (Å²) in [5.74, 6) is 0.665. The number of likely N-dealkylation sites (tertiary alicyclic amines) is 1. The average molecular weight is 466 g/mol. The first-order valence-electron chi connectivity index (χ1n) is 13.6. The summed E-state index contributed by atoms with van der Waals surface area (Å²) in [5, 5.41) is 3.38. The van der Waals surface area contributed by atoms with Crippen LogP contribution in [0.1, 0.15) is 77.8 Å². The summed E-state index contributed by atoms with van der Waals surface area (Å²) in [6.07, 6.45) is 9.83. The van der Waals surface area contributed by atoms with Crippen molar-refractivity contribution in [3.05, 3.63) is 101 Å². The van der Waals surface area contributed by atoms with Crippen LogP contribution in [0.4, 0.5) is 0 Å². The first-order chi connectivity index (χ1) is 17.1. The molecule has 182 valence electrons. The maximum atomic E-state index is 4.46. The molecule has 6 rings (SSSR count). The van der Waals surface area contributed by atoms with E-state index < -0.39 is 0 Å². The third-order valence-corrected chi connectivity index (χ3v) is 8.91. The largest absolute Gasteiger partial charge is 0.362 e. The number of nitrogens with zero attached hydrogens (tertiary/aromatic N) is 2. The summed E-state index contributed by atoms with van der Waals surface area (Å²) in [6, 6.07) is 14.5. The molecule has 1 atom stereocenters. The Morgan fingerprint density at radius 2 is 1.71 bits per heavy atom. The number of benzene rings is 2. The Hall–Kier alpha value is -2.78. The summed E-state index contributed by atoms with van der Waals surface area (Å²) < 4.78 is 0. The molecule has 3 heterocycles. The van der Waals surface area contributed by atoms with Crippen molar-refractivity contribution < 1.29 is 0 Å². The minimum Gasteiger partial charge on any atom is -0.362 e. The van der Waals surface area contributed by atoms with Crippen molar-refractivity contribution in [3.8, 4) is 0 Å². The van der Waals surface area contributed by atoms with Crippen LogP contribution in [-0.4, -0.2) is 28.9 Å². The van der Waals surface area contributed by atoms with Gasteiger partial charge in [-0.05, 0) is 98.2 Å². The quantitative estimate of drug-likeness (QED) is 0.555. The van der Waals surface area contributed by atoms with Gasteiger partial charge in [0.2, 0.25) is 0 Å². The van der Waals surface area contributed by atoms with Crippen LogP contribution in [-0.2, 0) is 25.9 Å². The molecular weight excluding hydrogens is 426 g/mol. The number of hydrogen-bond acceptors (Lipinski definition) is 3. The molecule has 2 saturated heterocycles. The number of nitrogens with one attached hydrogen (secondary N) is 1. The smallest absolute Gasteiger partial charge is 0.0693 e. The Labute approximate surface area is 211 Å². The van der Waals surface area contributed by atoms with E-state index in [-0.39, 0.29) is 0 Å². The van der Waals surface area contributed by atoms with Gasteiger partial charge in [0.1, 0.15) is 0 Å². The molecule has 0 radical (unpaired) electrons. The number of rotatable bonds is 4. The van der Waals surface area contributed by atoms with Crippen molar-refractivity contribution in [3.63, 3.8) is 0 Å². The summed E-state index contributed by atoms with van der Waals surface area (Å²) in [6.45, 7) is 17.3. The van der Waals surface area contributed by atoms with E-state index in [9.17, 15) is 0 Å². The fourth-order valence-corrected chi connectivity index (χ4v) is 6.89. The van der Waals surface area contributed by atoms with Gasteiger partial charge in [0.25, 0.3) is 0 Å². The van der Waals surface area contributed by atoms with E-state index in [0.717, 1.165) is 43.0 Å². The molecule has 2 aromatic carbocycles. The lowest BCUT2D eigenvalue weighted by Crippen LogP contribution is -2.39. The Morgan fingerprint density at radius 3 is 2.54 bits per heavy atom. The molecule has 0 amide bonds. The second-order valence-electron chi connectivity index (χ2n) is 11.1. The minimum absolute atomic E-state index is 0.302. The predicted molar refractivity (Wildman–Crippen MR) is 146 cm³/mol. The second-order valence-corrected chi connectivity index (χ2v) is 11.1. The number of fused-ring (bicyclic) bond motifs is 2. The highest BCUT2D eigenvalue weighted by molar-refractivity contribution is 5.70. The molecule has 3 heteroatoms. The summed E-state index contributed by atoms with van der Waals surface area (Å²) in [5.41, 5.74) is 12.4. The van der Waals surface area contributed by atoms with Crippen LogP contribution in [0.25, 0.3) is 5.70 Å². The van der Waals surface area contributed by atoms with Crippen molar-refractivity contribution in [1.82, 2.24) is 15.1 Å². The van der Waals surface area contributed by atoms with E-state index in [1.807, 2.05) is 0 Å². The van der Waals surface area contributed by atoms with Gasteiger partial charge in [-0.15, -0.1) is 0 Å². The molecule has 4 aliphatic rings. The van der Waals surface area contributed by atoms with E-state index in [1.54, 1.807) is 16.7 Å². The first-order valence-corrected chi connectivity index (χ1v) is 13.6. The zero-order valence-electron chi connectivity index (χ0n) is 21.1. The fraction of sp³-hybridized carbons (Fsp3) is 0.438. The van der Waals surface area contributed by atoms with Gasteiger partial charge in [0, 0.05) is 35.7 Å². The van der Waals surface area contributed by atoms with Crippen molar-refractivity contribution in [2.24, 2.45) is 0 Å². The SMILES string of the molecule is C=C1CCC(N2Cc3cc(C4CCN(Cc5cccc6c5CCCC6)CC4)ccc3C2=C)C(=C)N1. The monoisotopic (exact) mass is 465 g/mol. The normalized spacial score (nSPS) is 23.3. The molecule has 3 aliphatic heterocycles. The summed E-state index contributed by atoms with van der Waals surface area (Å²) in [4.78, 5) is 5.13. The fourth-order valence-electron chi connectivity index (χ4n) is 6.89. The van der Waals surface area contributed by atoms with Crippen molar-refractivity contribution in [1.29, 1.82) is 0 Å². The second kappa shape index (κ2) is 9.35. The Bertz CT molecular complexity index is 1170. The van der Waals surface area contributed by atoms with Crippen LogP contribution in [0, 0.1) is 0 Å². The highest BCUT2D eigenvalue weighted by Crippen LogP contribution is 2.39. The van der Waals surface area contributed by atoms with Crippen LogP contribution >= 0.6 is 0 Å². The molecule has 2 fully saturated rings. The summed E-state index contributed by atoms with van der Waals surface area (Å²) in [7, 11) is 0. The molecule has 0 saturated carbocycles. The molecule has 3 nitrogen and oxygen atoms in total. The molecule has 1 aliphatic carbocycles. The van der Waals surface area contributed by atoms with Gasteiger partial charge in [-0.25, -0.2) is 0 Å². The molecule has 0 aromatic heterocycles. The first kappa shape index (κ1) is 22.7. The van der Waals surface area contributed by atoms with Crippen LogP contribution in [0.15, 0.2) is 67.5 Å². The number of aryl methyl sites for hydroxylation is 1. The number of hydrogen-bond donors (Lipinski definition) is 1. The Morgan fingerprint density at radius 1 is 0.886 bits per heavy atom. The van der Waals surface area contributed by atoms with Crippen molar-refractivity contribution in [2.75, 3.05) is 13.1 Å². The lowest BCUT2D eigenvalue weighted by atomic mass is 9.86. The standard InChI is InChI=1S/C32H39N3/c1-22-11-14-32(23(2)33-22)35-21-29-19-27(12-13-30(29)24(35)3)25-15-17-34(18-16-25)20-28-9-6-8-26-7-4-5-10-31(26)28/h6,8-9,12-13,19,25,32-33H,1-5,7,10-11,14-18,20-21H2. The van der Waals surface area contributed by atoms with Crippen LogP contribution in [0.2, 0.25) is 0 Å². The highest BCUT2D eigenvalue weighted by Gasteiger charge is 2.33. The third-order valence-electron chi connectivity index (χ3n) is 8.91. The predicted octanol–water partition coefficient (Wildman–Crippen LogP) is 6.51. The molecular formula is C32H39N3. The summed E-state index contributed by atoms with van der Waals surface area (Å²) >= 11 is 0. The van der Waals surface area contributed by atoms with Gasteiger partial charge in [-0.3, -0.25) is 4.90 Å². The molecule has 0 bridgehead atoms. The average Bonchev–Trinajstić information content (AvgIpc) is 3.20. The van der Waals surface area contributed by atoms with Crippen molar-refractivity contribution >= 4 is 5.70 Å². The lowest BCUT2D eigenvalue weighted by Gasteiger charge is -2.36. The molecule has 0 spiro atoms. The van der Waals surface area contributed by atoms with Crippen molar-refractivity contribution in [2.45, 2.75) is 76.4 Å². The van der Waals surface area contributed by atoms with E-state index in [0.29, 0.717) is 12.0 Å². The molecule has 1 N–H and O–H groups in total. The lowest BCUT2D eigenvalue weighted by molar-refractivity contribution is 0.204. The maximum absolute atomic E-state index is 4.46. The Kier molecular flexibility index (Phi) is 6.06. The Balaban J connectivity index is 1.10. The number of allylic oxidation sites excluding steroid dienone is 1. The number of piperidine rings is 2. The van der Waals surface area contributed by atoms with Gasteiger partial charge in [0.15, 0.2) is 0 Å². The topological polar surface area (TPSA) is 18.5 Å². The minimum atomic E-state index is 0.302. The van der Waals surface area contributed by atoms with E-state index in [4.69, 9.17) is 0 Å². The molecule has 1 unspecified atom stereocenters. The van der Waals surface area contributed by atoms with E-state index in [2.05, 4.69) is 71.3 Å². The zero-order valence-corrected chi connectivity index (χ0v) is 21.1. The third kappa shape index (κ3) is 4.36. The maximum Gasteiger partial charge on any atom is 0.0693 e. The molecule has 2 aromatic rings. The van der Waals surface area contributed by atoms with Gasteiger partial charge in [-0.1, -0.05) is 56.1 Å². The van der Waals surface area contributed by atoms with Gasteiger partial charge in [0.05, 0.1) is 6.04 Å². The zero-order chi connectivity index (χ0) is 23.9. The van der Waals surface area contributed by atoms with Gasteiger partial charge >= 0.3 is 0 Å². The highest BCUT2D eigenvalue weighted by atomic mass is 15.2. The van der Waals surface area contributed by atoms with E-state index >= 15 is 0 Å². The van der Waals surface area contributed by atoms with E-state index in [1.165, 1.54) is 68.3 Å². The van der Waals surface area contributed by atoms with Gasteiger partial charge < -0.3 is 10.2 Å².